The molecule has 3 saturated heterocycles. The van der Waals surface area contributed by atoms with Crippen LogP contribution in [0.3, 0.4) is 0 Å². The van der Waals surface area contributed by atoms with Crippen molar-refractivity contribution in [1.29, 1.82) is 0 Å². The van der Waals surface area contributed by atoms with Gasteiger partial charge in [-0.05, 0) is 65.0 Å². The van der Waals surface area contributed by atoms with Crippen LogP contribution in [0.15, 0.2) is 12.1 Å². The molecule has 2 bridgehead atoms. The third-order valence-electron chi connectivity index (χ3n) is 8.28. The fourth-order valence-electron chi connectivity index (χ4n) is 6.61. The Morgan fingerprint density at radius 1 is 1.09 bits per heavy atom. The molecule has 1 N–H and O–H groups in total. The predicted molar refractivity (Wildman–Crippen MR) is 131 cm³/mol. The van der Waals surface area contributed by atoms with Gasteiger partial charge in [-0.1, -0.05) is 0 Å². The van der Waals surface area contributed by atoms with Gasteiger partial charge in [0.05, 0.1) is 30.0 Å². The lowest BCUT2D eigenvalue weighted by atomic mass is 9.87. The maximum absolute atomic E-state index is 12.1. The monoisotopic (exact) mass is 472 g/mol. The second-order valence-electron chi connectivity index (χ2n) is 10.9. The first kappa shape index (κ1) is 23.9. The van der Waals surface area contributed by atoms with Crippen molar-refractivity contribution in [2.45, 2.75) is 109 Å². The second-order valence-corrected chi connectivity index (χ2v) is 10.9. The van der Waals surface area contributed by atoms with Crippen LogP contribution < -0.4 is 9.64 Å². The normalized spacial score (nSPS) is 35.6. The number of aromatic carboxylic acids is 1. The van der Waals surface area contributed by atoms with Crippen LogP contribution >= 0.6 is 0 Å². The molecule has 0 aromatic heterocycles. The van der Waals surface area contributed by atoms with Crippen molar-refractivity contribution in [1.82, 2.24) is 4.90 Å². The van der Waals surface area contributed by atoms with Gasteiger partial charge < -0.3 is 24.2 Å². The molecule has 4 atom stereocenters. The van der Waals surface area contributed by atoms with Crippen LogP contribution in [-0.4, -0.2) is 78.2 Å². The van der Waals surface area contributed by atoms with Crippen molar-refractivity contribution in [2.24, 2.45) is 0 Å². The summed E-state index contributed by atoms with van der Waals surface area (Å²) in [5.74, 6) is -0.214. The quantitative estimate of drug-likeness (QED) is 0.636. The number of carboxylic acid groups (broad SMARTS) is 1. The lowest BCUT2D eigenvalue weighted by Crippen LogP contribution is -2.56. The molecule has 3 heterocycles. The highest BCUT2D eigenvalue weighted by molar-refractivity contribution is 5.92. The smallest absolute Gasteiger partial charge is 0.336 e. The van der Waals surface area contributed by atoms with Crippen molar-refractivity contribution in [2.75, 3.05) is 24.5 Å². The Hall–Kier alpha value is -1.83. The zero-order chi connectivity index (χ0) is 24.0. The largest absolute Gasteiger partial charge is 0.490 e. The Labute approximate surface area is 203 Å². The van der Waals surface area contributed by atoms with Gasteiger partial charge in [-0.2, -0.15) is 0 Å². The van der Waals surface area contributed by atoms with E-state index in [1.807, 2.05) is 6.92 Å². The third kappa shape index (κ3) is 4.79. The highest BCUT2D eigenvalue weighted by atomic mass is 16.5. The minimum Gasteiger partial charge on any atom is -0.490 e. The van der Waals surface area contributed by atoms with E-state index in [0.29, 0.717) is 35.6 Å². The summed E-state index contributed by atoms with van der Waals surface area (Å²) in [5.41, 5.74) is 2.16. The van der Waals surface area contributed by atoms with Gasteiger partial charge in [0.2, 0.25) is 0 Å². The fourth-order valence-corrected chi connectivity index (χ4v) is 6.61. The van der Waals surface area contributed by atoms with Crippen LogP contribution in [0.2, 0.25) is 0 Å². The molecule has 4 unspecified atom stereocenters. The summed E-state index contributed by atoms with van der Waals surface area (Å²) in [7, 11) is 0. The number of morpholine rings is 1. The van der Waals surface area contributed by atoms with E-state index in [0.717, 1.165) is 69.4 Å². The van der Waals surface area contributed by atoms with Crippen molar-refractivity contribution in [3.63, 3.8) is 0 Å². The Morgan fingerprint density at radius 3 is 2.32 bits per heavy atom. The van der Waals surface area contributed by atoms with Gasteiger partial charge >= 0.3 is 5.97 Å². The first-order valence-electron chi connectivity index (χ1n) is 13.2. The number of rotatable bonds is 7. The van der Waals surface area contributed by atoms with Gasteiger partial charge in [0.1, 0.15) is 11.9 Å². The molecule has 7 nitrogen and oxygen atoms in total. The Balaban J connectivity index is 1.31. The average Bonchev–Trinajstić information content (AvgIpc) is 3.09. The number of anilines is 1. The number of carboxylic acids is 1. The molecule has 1 aromatic rings. The maximum atomic E-state index is 12.1. The number of nitrogens with zero attached hydrogens (tertiary/aromatic N) is 2. The molecule has 4 fully saturated rings. The summed E-state index contributed by atoms with van der Waals surface area (Å²) in [6.07, 6.45) is 7.61. The van der Waals surface area contributed by atoms with Crippen LogP contribution in [-0.2, 0) is 9.47 Å². The Kier molecular flexibility index (Phi) is 6.79. The van der Waals surface area contributed by atoms with Crippen molar-refractivity contribution >= 4 is 11.7 Å². The Morgan fingerprint density at radius 2 is 1.74 bits per heavy atom. The molecule has 0 radical (unpaired) electrons. The maximum Gasteiger partial charge on any atom is 0.336 e. The molecular formula is C27H40N2O5. The SMILES string of the molecule is CCN(c1cc(OC2CC(N3CC(C)OC(C)C3)C2)cc(C(=O)O)c1C)C1CC2CCC(C1)O2. The van der Waals surface area contributed by atoms with E-state index < -0.39 is 5.97 Å². The number of carbonyl (C=O) groups is 1. The predicted octanol–water partition coefficient (Wildman–Crippen LogP) is 4.25. The number of hydrogen-bond donors (Lipinski definition) is 1. The topological polar surface area (TPSA) is 71.5 Å². The van der Waals surface area contributed by atoms with Gasteiger partial charge in [-0.25, -0.2) is 4.79 Å². The van der Waals surface area contributed by atoms with Gasteiger partial charge in [0, 0.05) is 56.3 Å². The van der Waals surface area contributed by atoms with Crippen molar-refractivity contribution in [3.05, 3.63) is 23.3 Å². The molecule has 34 heavy (non-hydrogen) atoms. The molecule has 0 amide bonds. The van der Waals surface area contributed by atoms with Gasteiger partial charge in [0.15, 0.2) is 0 Å². The summed E-state index contributed by atoms with van der Waals surface area (Å²) < 4.78 is 18.3. The molecule has 0 spiro atoms. The first-order chi connectivity index (χ1) is 16.3. The fraction of sp³-hybridized carbons (Fsp3) is 0.741. The highest BCUT2D eigenvalue weighted by Crippen LogP contribution is 2.40. The van der Waals surface area contributed by atoms with Crippen LogP contribution in [0.1, 0.15) is 75.2 Å². The van der Waals surface area contributed by atoms with E-state index in [1.165, 1.54) is 0 Å². The van der Waals surface area contributed by atoms with E-state index in [1.54, 1.807) is 6.07 Å². The summed E-state index contributed by atoms with van der Waals surface area (Å²) in [5, 5.41) is 9.93. The van der Waals surface area contributed by atoms with Crippen LogP contribution in [0.5, 0.6) is 5.75 Å². The number of hydrogen-bond acceptors (Lipinski definition) is 6. The molecule has 7 heteroatoms. The first-order valence-corrected chi connectivity index (χ1v) is 13.2. The minimum atomic E-state index is -0.893. The van der Waals surface area contributed by atoms with E-state index in [2.05, 4.69) is 36.6 Å². The zero-order valence-corrected chi connectivity index (χ0v) is 21.0. The Bertz CT molecular complexity index is 879. The van der Waals surface area contributed by atoms with E-state index in [-0.39, 0.29) is 18.3 Å². The van der Waals surface area contributed by atoms with Crippen LogP contribution in [0.4, 0.5) is 5.69 Å². The molecule has 188 valence electrons. The average molecular weight is 473 g/mol. The number of fused-ring (bicyclic) bond motifs is 2. The molecule has 1 aromatic carbocycles. The van der Waals surface area contributed by atoms with Gasteiger partial charge in [0.25, 0.3) is 0 Å². The second kappa shape index (κ2) is 9.67. The van der Waals surface area contributed by atoms with E-state index in [4.69, 9.17) is 14.2 Å². The number of ether oxygens (including phenoxy) is 3. The number of benzene rings is 1. The summed E-state index contributed by atoms with van der Waals surface area (Å²) in [6, 6.07) is 4.70. The van der Waals surface area contributed by atoms with E-state index >= 15 is 0 Å². The highest BCUT2D eigenvalue weighted by Gasteiger charge is 2.40. The summed E-state index contributed by atoms with van der Waals surface area (Å²) >= 11 is 0. The summed E-state index contributed by atoms with van der Waals surface area (Å²) in [6.45, 7) is 11.1. The molecule has 1 aliphatic carbocycles. The van der Waals surface area contributed by atoms with Crippen molar-refractivity contribution < 1.29 is 24.1 Å². The minimum absolute atomic E-state index is 0.129. The summed E-state index contributed by atoms with van der Waals surface area (Å²) in [4.78, 5) is 17.0. The molecule has 4 aliphatic rings. The lowest BCUT2D eigenvalue weighted by molar-refractivity contribution is -0.103. The molecule has 3 aliphatic heterocycles. The van der Waals surface area contributed by atoms with Gasteiger partial charge in [-0.3, -0.25) is 4.90 Å². The standard InChI is InChI=1S/C27H40N2O5/c1-5-29(20-10-21-6-7-22(11-20)33-21)26-13-24(12-25(18(26)4)27(30)31)34-23-8-19(9-23)28-14-16(2)32-17(3)15-28/h12-13,16-17,19-23H,5-11,14-15H2,1-4H3,(H,30,31). The van der Waals surface area contributed by atoms with Crippen LogP contribution in [0, 0.1) is 6.92 Å². The third-order valence-corrected chi connectivity index (χ3v) is 8.28. The molecular weight excluding hydrogens is 432 g/mol. The van der Waals surface area contributed by atoms with E-state index in [9.17, 15) is 9.90 Å². The lowest BCUT2D eigenvalue weighted by Gasteiger charge is -2.47. The molecule has 5 rings (SSSR count). The zero-order valence-electron chi connectivity index (χ0n) is 21.0. The van der Waals surface area contributed by atoms with Crippen molar-refractivity contribution in [3.8, 4) is 5.75 Å². The van der Waals surface area contributed by atoms with Gasteiger partial charge in [-0.15, -0.1) is 0 Å². The molecule has 1 saturated carbocycles. The van der Waals surface area contributed by atoms with Crippen LogP contribution in [0.25, 0.3) is 0 Å².